The summed E-state index contributed by atoms with van der Waals surface area (Å²) in [6.07, 6.45) is 3.92. The van der Waals surface area contributed by atoms with Gasteiger partial charge in [-0.05, 0) is 53.6 Å². The number of hydrogen-bond donors (Lipinski definition) is 1. The molecule has 0 amide bonds. The van der Waals surface area contributed by atoms with Gasteiger partial charge < -0.3 is 10.5 Å². The average molecular weight is 429 g/mol. The lowest BCUT2D eigenvalue weighted by molar-refractivity contribution is 0.103. The van der Waals surface area contributed by atoms with Crippen molar-refractivity contribution in [2.24, 2.45) is 0 Å². The van der Waals surface area contributed by atoms with E-state index >= 15 is 0 Å². The van der Waals surface area contributed by atoms with Crippen LogP contribution in [0.5, 0.6) is 11.5 Å². The Labute approximate surface area is 182 Å². The molecule has 0 fully saturated rings. The van der Waals surface area contributed by atoms with Crippen LogP contribution >= 0.6 is 0 Å². The third-order valence-electron chi connectivity index (χ3n) is 5.32. The summed E-state index contributed by atoms with van der Waals surface area (Å²) < 4.78 is 33.4. The molecule has 4 aromatic rings. The van der Waals surface area contributed by atoms with Crippen molar-refractivity contribution in [3.05, 3.63) is 107 Å². The van der Waals surface area contributed by atoms with E-state index in [9.17, 15) is 13.6 Å². The highest BCUT2D eigenvalue weighted by Gasteiger charge is 2.23. The monoisotopic (exact) mass is 429 g/mol. The number of anilines is 1. The molecule has 0 spiro atoms. The molecule has 0 radical (unpaired) electrons. The number of carbonyl (C=O) groups is 1. The quantitative estimate of drug-likeness (QED) is 0.435. The lowest BCUT2D eigenvalue weighted by atomic mass is 10.0. The number of allylic oxidation sites excluding steroid dienone is 1. The van der Waals surface area contributed by atoms with Gasteiger partial charge in [-0.2, -0.15) is 5.10 Å². The highest BCUT2D eigenvalue weighted by Crippen LogP contribution is 2.30. The second kappa shape index (κ2) is 7.77. The minimum absolute atomic E-state index is 0.150. The Bertz CT molecular complexity index is 1370. The Balaban J connectivity index is 1.35. The molecule has 5 nitrogen and oxygen atoms in total. The highest BCUT2D eigenvalue weighted by molar-refractivity contribution is 6.15. The van der Waals surface area contributed by atoms with Crippen molar-refractivity contribution in [2.45, 2.75) is 6.42 Å². The first-order valence-electron chi connectivity index (χ1n) is 9.89. The van der Waals surface area contributed by atoms with Gasteiger partial charge in [-0.25, -0.2) is 13.5 Å². The molecule has 0 saturated heterocycles. The molecule has 5 rings (SSSR count). The van der Waals surface area contributed by atoms with E-state index in [1.54, 1.807) is 24.3 Å². The van der Waals surface area contributed by atoms with Crippen molar-refractivity contribution >= 4 is 17.7 Å². The van der Waals surface area contributed by atoms with Crippen LogP contribution in [0.15, 0.2) is 78.5 Å². The molecule has 0 atom stereocenters. The minimum atomic E-state index is -0.985. The van der Waals surface area contributed by atoms with Crippen LogP contribution in [0.2, 0.25) is 0 Å². The van der Waals surface area contributed by atoms with E-state index in [0.29, 0.717) is 29.0 Å². The van der Waals surface area contributed by atoms with Gasteiger partial charge in [0.15, 0.2) is 17.4 Å². The second-order valence-corrected chi connectivity index (χ2v) is 7.40. The van der Waals surface area contributed by atoms with E-state index in [0.717, 1.165) is 23.3 Å². The Hall–Kier alpha value is -4.26. The molecule has 1 heterocycles. The van der Waals surface area contributed by atoms with Crippen molar-refractivity contribution in [3.8, 4) is 17.2 Å². The molecule has 0 bridgehead atoms. The zero-order valence-corrected chi connectivity index (χ0v) is 16.8. The number of nitrogens with two attached hydrogens (primary N) is 1. The molecular formula is C25H17F2N3O2. The molecule has 1 aliphatic carbocycles. The van der Waals surface area contributed by atoms with Gasteiger partial charge in [0.25, 0.3) is 0 Å². The first-order chi connectivity index (χ1) is 15.5. The minimum Gasteiger partial charge on any atom is -0.457 e. The van der Waals surface area contributed by atoms with E-state index in [-0.39, 0.29) is 17.4 Å². The van der Waals surface area contributed by atoms with Crippen molar-refractivity contribution in [1.29, 1.82) is 0 Å². The Kier molecular flexibility index (Phi) is 4.78. The average Bonchev–Trinajstić information content (AvgIpc) is 3.40. The fourth-order valence-electron chi connectivity index (χ4n) is 3.67. The van der Waals surface area contributed by atoms with Crippen LogP contribution in [0.3, 0.4) is 0 Å². The number of benzene rings is 3. The molecule has 2 N–H and O–H groups in total. The fraction of sp³-hybridized carbons (Fsp3) is 0.0400. The maximum absolute atomic E-state index is 13.4. The number of carbonyl (C=O) groups excluding carboxylic acids is 1. The summed E-state index contributed by atoms with van der Waals surface area (Å²) in [5.41, 5.74) is 10.0. The zero-order chi connectivity index (χ0) is 22.2. The third-order valence-corrected chi connectivity index (χ3v) is 5.32. The molecule has 0 saturated carbocycles. The molecule has 1 aromatic heterocycles. The van der Waals surface area contributed by atoms with Crippen LogP contribution in [0, 0.1) is 11.6 Å². The number of hydrogen-bond acceptors (Lipinski definition) is 4. The zero-order valence-electron chi connectivity index (χ0n) is 16.8. The highest BCUT2D eigenvalue weighted by atomic mass is 19.2. The third kappa shape index (κ3) is 3.54. The van der Waals surface area contributed by atoms with Gasteiger partial charge in [-0.15, -0.1) is 0 Å². The standard InChI is InChI=1S/C25H17F2N3O2/c26-22-10-9-20(13-23(22)27)32-19-7-5-18(6-8-19)30-25(28)21(14-29-30)24(31)17-11-15-3-1-2-4-16(15)12-17/h1-11,13-14H,12,28H2. The van der Waals surface area contributed by atoms with Gasteiger partial charge >= 0.3 is 0 Å². The van der Waals surface area contributed by atoms with Crippen LogP contribution in [0.4, 0.5) is 14.6 Å². The molecule has 0 unspecified atom stereocenters. The summed E-state index contributed by atoms with van der Waals surface area (Å²) in [7, 11) is 0. The van der Waals surface area contributed by atoms with Crippen LogP contribution < -0.4 is 10.5 Å². The fourth-order valence-corrected chi connectivity index (χ4v) is 3.67. The van der Waals surface area contributed by atoms with Gasteiger partial charge in [0.05, 0.1) is 17.4 Å². The number of fused-ring (bicyclic) bond motifs is 1. The largest absolute Gasteiger partial charge is 0.457 e. The van der Waals surface area contributed by atoms with Crippen molar-refractivity contribution in [2.75, 3.05) is 5.73 Å². The number of Topliss-reactive ketones (excluding diaryl/α,β-unsaturated/α-hetero) is 1. The van der Waals surface area contributed by atoms with Crippen LogP contribution in [-0.4, -0.2) is 15.6 Å². The first-order valence-corrected chi connectivity index (χ1v) is 9.89. The van der Waals surface area contributed by atoms with Crippen LogP contribution in [0.25, 0.3) is 11.8 Å². The van der Waals surface area contributed by atoms with E-state index in [4.69, 9.17) is 10.5 Å². The Morgan fingerprint density at radius 3 is 2.47 bits per heavy atom. The number of ketones is 1. The van der Waals surface area contributed by atoms with Crippen LogP contribution in [0.1, 0.15) is 21.5 Å². The number of ether oxygens (including phenoxy) is 1. The summed E-state index contributed by atoms with van der Waals surface area (Å²) in [4.78, 5) is 13.0. The molecule has 32 heavy (non-hydrogen) atoms. The normalized spacial score (nSPS) is 12.4. The van der Waals surface area contributed by atoms with Gasteiger partial charge in [-0.1, -0.05) is 24.3 Å². The van der Waals surface area contributed by atoms with E-state index < -0.39 is 11.6 Å². The first kappa shape index (κ1) is 19.7. The van der Waals surface area contributed by atoms with E-state index in [2.05, 4.69) is 5.10 Å². The molecule has 158 valence electrons. The van der Waals surface area contributed by atoms with E-state index in [1.165, 1.54) is 16.9 Å². The predicted molar refractivity (Wildman–Crippen MR) is 117 cm³/mol. The van der Waals surface area contributed by atoms with Gasteiger partial charge in [0.2, 0.25) is 0 Å². The van der Waals surface area contributed by atoms with Gasteiger partial charge in [0.1, 0.15) is 17.3 Å². The Morgan fingerprint density at radius 1 is 0.969 bits per heavy atom. The number of aromatic nitrogens is 2. The molecule has 7 heteroatoms. The maximum atomic E-state index is 13.4. The summed E-state index contributed by atoms with van der Waals surface area (Å²) in [6.45, 7) is 0. The summed E-state index contributed by atoms with van der Waals surface area (Å²) in [6, 6.07) is 17.9. The van der Waals surface area contributed by atoms with Gasteiger partial charge in [0, 0.05) is 18.1 Å². The van der Waals surface area contributed by atoms with Gasteiger partial charge in [-0.3, -0.25) is 4.79 Å². The lowest BCUT2D eigenvalue weighted by Crippen LogP contribution is -2.08. The summed E-state index contributed by atoms with van der Waals surface area (Å²) in [5, 5.41) is 4.27. The molecular weight excluding hydrogens is 412 g/mol. The van der Waals surface area contributed by atoms with Crippen LogP contribution in [-0.2, 0) is 6.42 Å². The number of halogens is 2. The summed E-state index contributed by atoms with van der Waals surface area (Å²) >= 11 is 0. The number of rotatable bonds is 5. The lowest BCUT2D eigenvalue weighted by Gasteiger charge is -2.09. The predicted octanol–water partition coefficient (Wildman–Crippen LogP) is 5.35. The van der Waals surface area contributed by atoms with E-state index in [1.807, 2.05) is 30.3 Å². The smallest absolute Gasteiger partial charge is 0.194 e. The second-order valence-electron chi connectivity index (χ2n) is 7.40. The maximum Gasteiger partial charge on any atom is 0.194 e. The SMILES string of the molecule is Nc1c(C(=O)C2=Cc3ccccc3C2)cnn1-c1ccc(Oc2ccc(F)c(F)c2)cc1. The molecule has 3 aromatic carbocycles. The number of nitrogen functional groups attached to an aromatic ring is 1. The molecule has 0 aliphatic heterocycles. The topological polar surface area (TPSA) is 70.1 Å². The summed E-state index contributed by atoms with van der Waals surface area (Å²) in [5.74, 6) is -1.24. The molecule has 1 aliphatic rings. The van der Waals surface area contributed by atoms with Crippen molar-refractivity contribution < 1.29 is 18.3 Å². The van der Waals surface area contributed by atoms with Crippen molar-refractivity contribution in [1.82, 2.24) is 9.78 Å². The number of nitrogens with zero attached hydrogens (tertiary/aromatic N) is 2. The van der Waals surface area contributed by atoms with Crippen molar-refractivity contribution in [3.63, 3.8) is 0 Å². The Morgan fingerprint density at radius 2 is 1.72 bits per heavy atom.